The number of rotatable bonds is 5. The smallest absolute Gasteiger partial charge is 0.0474 e. The highest BCUT2D eigenvalue weighted by Crippen LogP contribution is 2.55. The van der Waals surface area contributed by atoms with Crippen LogP contribution in [-0.4, -0.2) is 0 Å². The summed E-state index contributed by atoms with van der Waals surface area (Å²) in [5.74, 6) is 0. The molecule has 0 fully saturated rings. The molecule has 0 unspecified atom stereocenters. The molecule has 7 aromatic carbocycles. The normalized spacial score (nSPS) is 15.0. The summed E-state index contributed by atoms with van der Waals surface area (Å²) < 4.78 is 0. The molecule has 2 aliphatic carbocycles. The Hall–Kier alpha value is -5.66. The van der Waals surface area contributed by atoms with Crippen LogP contribution >= 0.6 is 0 Å². The summed E-state index contributed by atoms with van der Waals surface area (Å²) in [7, 11) is 0. The molecule has 0 heterocycles. The van der Waals surface area contributed by atoms with Crippen LogP contribution in [0, 0.1) is 0 Å². The minimum Gasteiger partial charge on any atom is -0.310 e. The minimum absolute atomic E-state index is 0.0510. The zero-order valence-corrected chi connectivity index (χ0v) is 42.2. The molecule has 65 heavy (non-hydrogen) atoms. The summed E-state index contributed by atoms with van der Waals surface area (Å²) in [6, 6.07) is 54.3. The fourth-order valence-corrected chi connectivity index (χ4v) is 10.9. The molecule has 0 aromatic heterocycles. The Balaban J connectivity index is 1.31. The van der Waals surface area contributed by atoms with Crippen molar-refractivity contribution in [1.82, 2.24) is 0 Å². The van der Waals surface area contributed by atoms with E-state index in [1.807, 2.05) is 0 Å². The molecule has 0 radical (unpaired) electrons. The van der Waals surface area contributed by atoms with Gasteiger partial charge in [-0.25, -0.2) is 0 Å². The Morgan fingerprint density at radius 1 is 0.308 bits per heavy atom. The van der Waals surface area contributed by atoms with Crippen LogP contribution in [0.25, 0.3) is 44.5 Å². The van der Waals surface area contributed by atoms with E-state index in [1.165, 1.54) is 89.0 Å². The van der Waals surface area contributed by atoms with E-state index in [-0.39, 0.29) is 32.5 Å². The number of fused-ring (bicyclic) bond motifs is 6. The van der Waals surface area contributed by atoms with Gasteiger partial charge >= 0.3 is 0 Å². The van der Waals surface area contributed by atoms with E-state index in [1.54, 1.807) is 0 Å². The monoisotopic (exact) mass is 854 g/mol. The van der Waals surface area contributed by atoms with E-state index in [9.17, 15) is 0 Å². The minimum atomic E-state index is -0.187. The lowest BCUT2D eigenvalue weighted by molar-refractivity contribution is 0.584. The fourth-order valence-electron chi connectivity index (χ4n) is 10.9. The average molecular weight is 854 g/mol. The van der Waals surface area contributed by atoms with Crippen molar-refractivity contribution in [3.05, 3.63) is 184 Å². The molecule has 1 nitrogen and oxygen atoms in total. The van der Waals surface area contributed by atoms with Crippen molar-refractivity contribution in [1.29, 1.82) is 0 Å². The topological polar surface area (TPSA) is 3.24 Å². The molecule has 0 spiro atoms. The van der Waals surface area contributed by atoms with E-state index in [0.29, 0.717) is 0 Å². The van der Waals surface area contributed by atoms with Crippen LogP contribution in [0.15, 0.2) is 140 Å². The van der Waals surface area contributed by atoms with Crippen molar-refractivity contribution in [2.45, 2.75) is 143 Å². The van der Waals surface area contributed by atoms with Crippen LogP contribution in [0.2, 0.25) is 0 Å². The molecule has 9 rings (SSSR count). The van der Waals surface area contributed by atoms with Gasteiger partial charge in [-0.2, -0.15) is 0 Å². The molecule has 0 saturated heterocycles. The SMILES string of the molecule is CC(C)(C)c1ccc(N(c2ccccc2)c2cc(-c3ccc4c(c3)C(C)(C)c3cc(C(C)(C)C)ccc3-4)c(C(C)(C)C)c(-c3ccc4c(c3)C(C)(C)c3cc(C(C)(C)C)ccc3-4)c2)cc1. The maximum Gasteiger partial charge on any atom is 0.0474 e. The Morgan fingerprint density at radius 2 is 0.662 bits per heavy atom. The van der Waals surface area contributed by atoms with Crippen molar-refractivity contribution < 1.29 is 0 Å². The van der Waals surface area contributed by atoms with Gasteiger partial charge in [0.05, 0.1) is 0 Å². The van der Waals surface area contributed by atoms with Crippen molar-refractivity contribution in [3.8, 4) is 44.5 Å². The standard InChI is InChI=1S/C64H71N/c1-59(2,3)42-24-28-46(29-25-42)65(45-20-18-17-19-21-45)47-38-52(40-22-30-48-50-32-26-43(60(4,5)6)36-56(50)63(13,14)54(48)34-40)58(62(10,11)12)53(39-47)41-23-31-49-51-33-27-44(61(7,8)9)37-57(51)64(15,16)55(49)35-41/h17-39H,1-16H3. The van der Waals surface area contributed by atoms with Gasteiger partial charge in [0.15, 0.2) is 0 Å². The van der Waals surface area contributed by atoms with E-state index in [0.717, 1.165) is 17.1 Å². The maximum absolute atomic E-state index is 2.53. The highest BCUT2D eigenvalue weighted by molar-refractivity contribution is 5.92. The summed E-state index contributed by atoms with van der Waals surface area (Å²) in [5, 5.41) is 0. The van der Waals surface area contributed by atoms with Gasteiger partial charge in [-0.15, -0.1) is 0 Å². The van der Waals surface area contributed by atoms with Gasteiger partial charge in [0, 0.05) is 27.9 Å². The molecule has 1 heteroatoms. The zero-order chi connectivity index (χ0) is 46.8. The van der Waals surface area contributed by atoms with Crippen LogP contribution in [-0.2, 0) is 32.5 Å². The summed E-state index contributed by atoms with van der Waals surface area (Å²) in [5.41, 5.74) is 24.7. The molecule has 7 aromatic rings. The number of nitrogens with zero attached hydrogens (tertiary/aromatic N) is 1. The van der Waals surface area contributed by atoms with E-state index < -0.39 is 0 Å². The number of hydrogen-bond acceptors (Lipinski definition) is 1. The Kier molecular flexibility index (Phi) is 10.2. The van der Waals surface area contributed by atoms with E-state index in [2.05, 4.69) is 255 Å². The first-order valence-corrected chi connectivity index (χ1v) is 24.0. The molecule has 2 aliphatic rings. The fraction of sp³-hybridized carbons (Fsp3) is 0.344. The van der Waals surface area contributed by atoms with E-state index in [4.69, 9.17) is 0 Å². The van der Waals surface area contributed by atoms with E-state index >= 15 is 0 Å². The highest BCUT2D eigenvalue weighted by Gasteiger charge is 2.39. The lowest BCUT2D eigenvalue weighted by Gasteiger charge is -2.32. The Morgan fingerprint density at radius 3 is 1.05 bits per heavy atom. The van der Waals surface area contributed by atoms with Crippen molar-refractivity contribution >= 4 is 17.1 Å². The average Bonchev–Trinajstić information content (AvgIpc) is 3.60. The second-order valence-electron chi connectivity index (χ2n) is 24.4. The third kappa shape index (κ3) is 7.58. The highest BCUT2D eigenvalue weighted by atomic mass is 15.1. The van der Waals surface area contributed by atoms with Crippen LogP contribution in [0.4, 0.5) is 17.1 Å². The van der Waals surface area contributed by atoms with Gasteiger partial charge in [-0.05, 0) is 159 Å². The molecular weight excluding hydrogens is 783 g/mol. The Bertz CT molecular complexity index is 2830. The predicted octanol–water partition coefficient (Wildman–Crippen LogP) is 18.3. The van der Waals surface area contributed by atoms with Crippen LogP contribution in [0.3, 0.4) is 0 Å². The number of benzene rings is 7. The first kappa shape index (κ1) is 44.5. The first-order chi connectivity index (χ1) is 30.3. The van der Waals surface area contributed by atoms with Gasteiger partial charge in [-0.3, -0.25) is 0 Å². The zero-order valence-electron chi connectivity index (χ0n) is 42.2. The largest absolute Gasteiger partial charge is 0.310 e. The second kappa shape index (κ2) is 14.9. The molecule has 332 valence electrons. The van der Waals surface area contributed by atoms with Crippen LogP contribution < -0.4 is 4.90 Å². The molecule has 0 saturated carbocycles. The lowest BCUT2D eigenvalue weighted by Crippen LogP contribution is -2.19. The molecule has 0 aliphatic heterocycles. The molecule has 0 amide bonds. The third-order valence-corrected chi connectivity index (χ3v) is 14.8. The Labute approximate surface area is 392 Å². The summed E-state index contributed by atoms with van der Waals surface area (Å²) in [6.45, 7) is 37.7. The number of anilines is 3. The summed E-state index contributed by atoms with van der Waals surface area (Å²) in [6.07, 6.45) is 0. The quantitative estimate of drug-likeness (QED) is 0.167. The molecule has 0 bridgehead atoms. The van der Waals surface area contributed by atoms with Crippen molar-refractivity contribution in [2.75, 3.05) is 4.90 Å². The second-order valence-corrected chi connectivity index (χ2v) is 24.4. The molecule has 0 N–H and O–H groups in total. The van der Waals surface area contributed by atoms with Crippen molar-refractivity contribution in [3.63, 3.8) is 0 Å². The van der Waals surface area contributed by atoms with Gasteiger partial charge in [0.25, 0.3) is 0 Å². The summed E-state index contributed by atoms with van der Waals surface area (Å²) in [4.78, 5) is 2.47. The van der Waals surface area contributed by atoms with Gasteiger partial charge in [0.1, 0.15) is 0 Å². The van der Waals surface area contributed by atoms with Crippen LogP contribution in [0.1, 0.15) is 155 Å². The van der Waals surface area contributed by atoms with Crippen molar-refractivity contribution in [2.24, 2.45) is 0 Å². The first-order valence-electron chi connectivity index (χ1n) is 24.0. The summed E-state index contributed by atoms with van der Waals surface area (Å²) >= 11 is 0. The third-order valence-electron chi connectivity index (χ3n) is 14.8. The predicted molar refractivity (Wildman–Crippen MR) is 282 cm³/mol. The van der Waals surface area contributed by atoms with Crippen LogP contribution in [0.5, 0.6) is 0 Å². The number of hydrogen-bond donors (Lipinski definition) is 0. The van der Waals surface area contributed by atoms with Gasteiger partial charge in [-0.1, -0.05) is 202 Å². The van der Waals surface area contributed by atoms with Gasteiger partial charge < -0.3 is 4.90 Å². The lowest BCUT2D eigenvalue weighted by atomic mass is 9.75. The number of para-hydroxylation sites is 1. The molecule has 0 atom stereocenters. The van der Waals surface area contributed by atoms with Gasteiger partial charge in [0.2, 0.25) is 0 Å². The molecular formula is C64H71N. The maximum atomic E-state index is 2.53.